The molecule has 0 aliphatic rings. The molecule has 6 nitrogen and oxygen atoms in total. The number of halogens is 1. The van der Waals surface area contributed by atoms with Crippen LogP contribution in [0, 0.1) is 0 Å². The van der Waals surface area contributed by atoms with E-state index in [4.69, 9.17) is 29.6 Å². The van der Waals surface area contributed by atoms with Crippen molar-refractivity contribution >= 4 is 40.4 Å². The van der Waals surface area contributed by atoms with Crippen LogP contribution >= 0.6 is 23.8 Å². The number of H-pyrrole nitrogens is 1. The zero-order valence-corrected chi connectivity index (χ0v) is 11.6. The fourth-order valence-corrected chi connectivity index (χ4v) is 1.72. The van der Waals surface area contributed by atoms with Gasteiger partial charge in [-0.1, -0.05) is 29.9 Å². The number of benzene rings is 1. The molecule has 0 spiro atoms. The van der Waals surface area contributed by atoms with E-state index in [0.717, 1.165) is 0 Å². The Bertz CT molecular complexity index is 724. The summed E-state index contributed by atoms with van der Waals surface area (Å²) in [5.74, 6) is -0.511. The van der Waals surface area contributed by atoms with Gasteiger partial charge >= 0.3 is 0 Å². The van der Waals surface area contributed by atoms with Crippen molar-refractivity contribution in [2.45, 2.75) is 0 Å². The third-order valence-electron chi connectivity index (χ3n) is 2.41. The van der Waals surface area contributed by atoms with Crippen LogP contribution in [-0.2, 0) is 0 Å². The normalized spacial score (nSPS) is 10.1. The number of aromatic amines is 1. The number of aromatic nitrogens is 2. The van der Waals surface area contributed by atoms with Gasteiger partial charge in [0.15, 0.2) is 0 Å². The number of carbonyl (C=O) groups is 1. The van der Waals surface area contributed by atoms with E-state index in [2.05, 4.69) is 15.5 Å². The minimum absolute atomic E-state index is 0.0568. The maximum absolute atomic E-state index is 11.9. The smallest absolute Gasteiger partial charge is 0.276 e. The number of nitrogens with zero attached hydrogens (tertiary/aromatic N) is 1. The number of amides is 1. The van der Waals surface area contributed by atoms with Crippen LogP contribution in [0.3, 0.4) is 0 Å². The molecule has 0 saturated carbocycles. The van der Waals surface area contributed by atoms with E-state index >= 15 is 0 Å². The van der Waals surface area contributed by atoms with Crippen LogP contribution in [0.2, 0.25) is 5.02 Å². The maximum atomic E-state index is 11.9. The predicted octanol–water partition coefficient (Wildman–Crippen LogP) is 1.31. The molecule has 8 heteroatoms. The van der Waals surface area contributed by atoms with E-state index < -0.39 is 11.5 Å². The fraction of sp³-hybridized carbons (Fsp3) is 0. The highest BCUT2D eigenvalue weighted by atomic mass is 35.5. The molecule has 0 unspecified atom stereocenters. The molecule has 0 fully saturated rings. The number of carbonyl (C=O) groups excluding carboxylic acids is 1. The summed E-state index contributed by atoms with van der Waals surface area (Å²) in [4.78, 5) is 23.0. The molecule has 1 heterocycles. The van der Waals surface area contributed by atoms with Crippen molar-refractivity contribution in [3.63, 3.8) is 0 Å². The molecule has 0 aliphatic carbocycles. The first-order valence-corrected chi connectivity index (χ1v) is 6.22. The number of anilines is 1. The largest absolute Gasteiger partial charge is 0.389 e. The molecule has 1 amide bonds. The van der Waals surface area contributed by atoms with Gasteiger partial charge in [-0.05, 0) is 18.2 Å². The Kier molecular flexibility index (Phi) is 4.11. The summed E-state index contributed by atoms with van der Waals surface area (Å²) in [5, 5.41) is 8.70. The van der Waals surface area contributed by atoms with Gasteiger partial charge in [0.05, 0.1) is 10.7 Å². The van der Waals surface area contributed by atoms with Crippen molar-refractivity contribution in [1.29, 1.82) is 0 Å². The zero-order valence-electron chi connectivity index (χ0n) is 10.0. The van der Waals surface area contributed by atoms with Gasteiger partial charge in [0.1, 0.15) is 10.7 Å². The second-order valence-electron chi connectivity index (χ2n) is 3.82. The van der Waals surface area contributed by atoms with Crippen LogP contribution in [0.1, 0.15) is 16.1 Å². The molecule has 20 heavy (non-hydrogen) atoms. The summed E-state index contributed by atoms with van der Waals surface area (Å²) >= 11 is 10.8. The van der Waals surface area contributed by atoms with Crippen molar-refractivity contribution in [2.75, 3.05) is 5.32 Å². The van der Waals surface area contributed by atoms with Crippen LogP contribution in [0.25, 0.3) is 0 Å². The monoisotopic (exact) mass is 308 g/mol. The quantitative estimate of drug-likeness (QED) is 0.742. The highest BCUT2D eigenvalue weighted by molar-refractivity contribution is 7.80. The van der Waals surface area contributed by atoms with Crippen molar-refractivity contribution in [3.05, 3.63) is 57.0 Å². The van der Waals surface area contributed by atoms with Crippen molar-refractivity contribution in [1.82, 2.24) is 10.2 Å². The summed E-state index contributed by atoms with van der Waals surface area (Å²) < 4.78 is 0. The molecule has 2 aromatic rings. The molecule has 4 N–H and O–H groups in total. The van der Waals surface area contributed by atoms with Gasteiger partial charge in [0.25, 0.3) is 11.5 Å². The Morgan fingerprint density at radius 3 is 2.70 bits per heavy atom. The highest BCUT2D eigenvalue weighted by Crippen LogP contribution is 2.23. The Morgan fingerprint density at radius 1 is 1.35 bits per heavy atom. The van der Waals surface area contributed by atoms with Crippen LogP contribution in [0.15, 0.2) is 35.1 Å². The highest BCUT2D eigenvalue weighted by Gasteiger charge is 2.11. The number of nitrogens with two attached hydrogens (primary N) is 1. The summed E-state index contributed by atoms with van der Waals surface area (Å²) in [6.07, 6.45) is 0. The second-order valence-corrected chi connectivity index (χ2v) is 4.67. The van der Waals surface area contributed by atoms with Gasteiger partial charge in [-0.15, -0.1) is 0 Å². The van der Waals surface area contributed by atoms with E-state index in [1.54, 1.807) is 18.2 Å². The first-order chi connectivity index (χ1) is 9.47. The van der Waals surface area contributed by atoms with Crippen LogP contribution in [0.4, 0.5) is 5.69 Å². The molecule has 0 aliphatic heterocycles. The third-order valence-corrected chi connectivity index (χ3v) is 2.98. The molecule has 0 atom stereocenters. The van der Waals surface area contributed by atoms with E-state index in [-0.39, 0.29) is 10.7 Å². The van der Waals surface area contributed by atoms with Gasteiger partial charge in [-0.25, -0.2) is 5.10 Å². The lowest BCUT2D eigenvalue weighted by Crippen LogP contribution is -2.18. The van der Waals surface area contributed by atoms with Crippen LogP contribution < -0.4 is 16.6 Å². The summed E-state index contributed by atoms with van der Waals surface area (Å²) in [6, 6.07) is 7.30. The lowest BCUT2D eigenvalue weighted by Gasteiger charge is -2.08. The van der Waals surface area contributed by atoms with Crippen molar-refractivity contribution in [2.24, 2.45) is 5.73 Å². The minimum atomic E-state index is -0.511. The van der Waals surface area contributed by atoms with Gasteiger partial charge < -0.3 is 11.1 Å². The van der Waals surface area contributed by atoms with E-state index in [0.29, 0.717) is 16.3 Å². The SMILES string of the molecule is NC(=S)c1ccc(Cl)c(NC(=O)c2ccc(=O)[nH]n2)c1. The lowest BCUT2D eigenvalue weighted by molar-refractivity contribution is 0.102. The predicted molar refractivity (Wildman–Crippen MR) is 80.2 cm³/mol. The summed E-state index contributed by atoms with van der Waals surface area (Å²) in [7, 11) is 0. The molecule has 1 aromatic carbocycles. The Morgan fingerprint density at radius 2 is 2.10 bits per heavy atom. The van der Waals surface area contributed by atoms with Crippen LogP contribution in [0.5, 0.6) is 0 Å². The average Bonchev–Trinajstić information content (AvgIpc) is 2.41. The number of thiocarbonyl (C=S) groups is 1. The molecule has 2 rings (SSSR count). The topological polar surface area (TPSA) is 101 Å². The number of hydrogen-bond donors (Lipinski definition) is 3. The standard InChI is InChI=1S/C12H9ClN4O2S/c13-7-2-1-6(11(14)20)5-9(7)15-12(19)8-3-4-10(18)17-16-8/h1-5H,(H2,14,20)(H,15,19)(H,17,18). The molecule has 0 radical (unpaired) electrons. The fourth-order valence-electron chi connectivity index (χ4n) is 1.43. The summed E-state index contributed by atoms with van der Waals surface area (Å²) in [6.45, 7) is 0. The van der Waals surface area contributed by atoms with Crippen LogP contribution in [-0.4, -0.2) is 21.1 Å². The third kappa shape index (κ3) is 3.19. The number of nitrogens with one attached hydrogen (secondary N) is 2. The molecular weight excluding hydrogens is 300 g/mol. The second kappa shape index (κ2) is 5.81. The lowest BCUT2D eigenvalue weighted by atomic mass is 10.2. The molecular formula is C12H9ClN4O2S. The number of hydrogen-bond acceptors (Lipinski definition) is 4. The zero-order chi connectivity index (χ0) is 14.7. The van der Waals surface area contributed by atoms with Crippen molar-refractivity contribution in [3.8, 4) is 0 Å². The van der Waals surface area contributed by atoms with E-state index in [1.807, 2.05) is 0 Å². The Balaban J connectivity index is 2.27. The van der Waals surface area contributed by atoms with Gasteiger partial charge in [0.2, 0.25) is 0 Å². The van der Waals surface area contributed by atoms with E-state index in [1.165, 1.54) is 12.1 Å². The molecule has 102 valence electrons. The molecule has 0 bridgehead atoms. The Labute approximate surface area is 124 Å². The minimum Gasteiger partial charge on any atom is -0.389 e. The van der Waals surface area contributed by atoms with Gasteiger partial charge in [-0.2, -0.15) is 5.10 Å². The van der Waals surface area contributed by atoms with Crippen molar-refractivity contribution < 1.29 is 4.79 Å². The molecule has 0 saturated heterocycles. The van der Waals surface area contributed by atoms with Gasteiger partial charge in [-0.3, -0.25) is 9.59 Å². The van der Waals surface area contributed by atoms with E-state index in [9.17, 15) is 9.59 Å². The average molecular weight is 309 g/mol. The Hall–Kier alpha value is -2.25. The first-order valence-electron chi connectivity index (χ1n) is 5.44. The first kappa shape index (κ1) is 14.2. The maximum Gasteiger partial charge on any atom is 0.276 e. The molecule has 1 aromatic heterocycles. The van der Waals surface area contributed by atoms with Gasteiger partial charge in [0, 0.05) is 11.6 Å². The number of rotatable bonds is 3. The summed E-state index contributed by atoms with van der Waals surface area (Å²) in [5.41, 5.74) is 6.11.